The summed E-state index contributed by atoms with van der Waals surface area (Å²) < 4.78 is 11.0. The van der Waals surface area contributed by atoms with Crippen LogP contribution in [0.3, 0.4) is 0 Å². The molecule has 5 amide bonds. The van der Waals surface area contributed by atoms with Crippen LogP contribution in [-0.4, -0.2) is 84.0 Å². The first-order chi connectivity index (χ1) is 19.0. The van der Waals surface area contributed by atoms with Crippen molar-refractivity contribution in [2.75, 3.05) is 38.2 Å². The Kier molecular flexibility index (Phi) is 11.0. The fourth-order valence-corrected chi connectivity index (χ4v) is 4.64. The predicted molar refractivity (Wildman–Crippen MR) is 147 cm³/mol. The summed E-state index contributed by atoms with van der Waals surface area (Å²) in [4.78, 5) is 64.8. The first-order valence-corrected chi connectivity index (χ1v) is 13.8. The van der Waals surface area contributed by atoms with E-state index in [0.29, 0.717) is 49.5 Å². The number of ether oxygens (including phenoxy) is 2. The van der Waals surface area contributed by atoms with Crippen molar-refractivity contribution in [1.82, 2.24) is 15.1 Å². The van der Waals surface area contributed by atoms with Crippen molar-refractivity contribution in [1.29, 1.82) is 0 Å². The van der Waals surface area contributed by atoms with E-state index in [1.807, 2.05) is 20.8 Å². The third-order valence-electron chi connectivity index (χ3n) is 6.59. The Bertz CT molecular complexity index is 1100. The van der Waals surface area contributed by atoms with E-state index in [9.17, 15) is 24.0 Å². The topological polar surface area (TPSA) is 160 Å². The molecule has 1 aromatic carbocycles. The van der Waals surface area contributed by atoms with Gasteiger partial charge in [0.1, 0.15) is 18.2 Å². The summed E-state index contributed by atoms with van der Waals surface area (Å²) in [6, 6.07) is 4.32. The van der Waals surface area contributed by atoms with Crippen molar-refractivity contribution < 1.29 is 33.4 Å². The van der Waals surface area contributed by atoms with E-state index in [1.165, 1.54) is 4.90 Å². The number of nitrogens with zero attached hydrogens (tertiary/aromatic N) is 2. The van der Waals surface area contributed by atoms with Crippen LogP contribution >= 0.6 is 0 Å². The lowest BCUT2D eigenvalue weighted by atomic mass is 10.0. The minimum absolute atomic E-state index is 0.144. The number of rotatable bonds is 13. The van der Waals surface area contributed by atoms with Gasteiger partial charge in [-0.15, -0.1) is 0 Å². The quantitative estimate of drug-likeness (QED) is 0.245. The molecule has 3 rings (SSSR count). The van der Waals surface area contributed by atoms with Crippen molar-refractivity contribution in [3.05, 3.63) is 29.3 Å². The molecule has 220 valence electrons. The van der Waals surface area contributed by atoms with E-state index < -0.39 is 17.6 Å². The summed E-state index contributed by atoms with van der Waals surface area (Å²) in [6.45, 7) is 7.51. The third-order valence-corrected chi connectivity index (χ3v) is 6.59. The number of amides is 5. The first-order valence-electron chi connectivity index (χ1n) is 13.8. The van der Waals surface area contributed by atoms with Gasteiger partial charge in [0, 0.05) is 49.5 Å². The normalized spacial score (nSPS) is 16.9. The van der Waals surface area contributed by atoms with Crippen molar-refractivity contribution in [3.63, 3.8) is 0 Å². The molecule has 0 aromatic heterocycles. The molecule has 1 atom stereocenters. The van der Waals surface area contributed by atoms with Crippen LogP contribution in [0.4, 0.5) is 10.5 Å². The van der Waals surface area contributed by atoms with E-state index >= 15 is 0 Å². The van der Waals surface area contributed by atoms with Crippen LogP contribution in [0.25, 0.3) is 0 Å². The van der Waals surface area contributed by atoms with Crippen molar-refractivity contribution in [2.45, 2.75) is 77.5 Å². The maximum Gasteiger partial charge on any atom is 0.410 e. The van der Waals surface area contributed by atoms with Crippen molar-refractivity contribution >= 4 is 35.4 Å². The molecule has 0 saturated carbocycles. The number of carbonyl (C=O) groups excluding carboxylic acids is 5. The highest BCUT2D eigenvalue weighted by Crippen LogP contribution is 2.32. The fourth-order valence-electron chi connectivity index (χ4n) is 4.64. The highest BCUT2D eigenvalue weighted by molar-refractivity contribution is 6.06. The Morgan fingerprint density at radius 1 is 1.12 bits per heavy atom. The van der Waals surface area contributed by atoms with Gasteiger partial charge >= 0.3 is 6.09 Å². The highest BCUT2D eigenvalue weighted by Gasteiger charge is 2.40. The molecular formula is C28H41N5O7. The monoisotopic (exact) mass is 559 g/mol. The molecule has 1 aromatic rings. The minimum Gasteiger partial charge on any atom is -0.444 e. The van der Waals surface area contributed by atoms with Crippen LogP contribution in [0.2, 0.25) is 0 Å². The van der Waals surface area contributed by atoms with Gasteiger partial charge < -0.3 is 30.3 Å². The Morgan fingerprint density at radius 2 is 1.88 bits per heavy atom. The maximum absolute atomic E-state index is 12.9. The lowest BCUT2D eigenvalue weighted by Crippen LogP contribution is -2.52. The zero-order chi connectivity index (χ0) is 29.3. The molecule has 12 heteroatoms. The number of unbranched alkanes of at least 4 members (excludes halogenated alkanes) is 2. The average Bonchev–Trinajstić information content (AvgIpc) is 3.21. The van der Waals surface area contributed by atoms with Gasteiger partial charge in [0.2, 0.25) is 17.7 Å². The van der Waals surface area contributed by atoms with Gasteiger partial charge in [-0.25, -0.2) is 4.79 Å². The Hall–Kier alpha value is -3.51. The third kappa shape index (κ3) is 8.75. The first kappa shape index (κ1) is 31.0. The number of carbonyl (C=O) groups is 5. The maximum atomic E-state index is 12.9. The Morgan fingerprint density at radius 3 is 2.58 bits per heavy atom. The van der Waals surface area contributed by atoms with Gasteiger partial charge in [-0.3, -0.25) is 24.5 Å². The summed E-state index contributed by atoms with van der Waals surface area (Å²) >= 11 is 0. The second kappa shape index (κ2) is 14.2. The molecule has 40 heavy (non-hydrogen) atoms. The number of piperidine rings is 1. The van der Waals surface area contributed by atoms with Gasteiger partial charge in [0.15, 0.2) is 0 Å². The predicted octanol–water partition coefficient (Wildman–Crippen LogP) is 2.16. The molecule has 0 spiro atoms. The molecule has 2 heterocycles. The van der Waals surface area contributed by atoms with Gasteiger partial charge in [-0.2, -0.15) is 0 Å². The molecule has 4 N–H and O–H groups in total. The van der Waals surface area contributed by atoms with Crippen LogP contribution in [0, 0.1) is 0 Å². The number of nitrogens with two attached hydrogens (primary N) is 1. The standard InChI is InChI=1S/C28H41N5O7/c1-28(2,3)40-27(38)32(15-8-13-29)14-5-4-6-16-39-18-24(35)30-21-10-7-9-19-20(21)17-33(26(19)37)22-11-12-23(34)31-25(22)36/h7,9-10,22H,4-6,8,11-18,29H2,1-3H3,(H,30,35)(H,31,34,36). The molecule has 1 fully saturated rings. The zero-order valence-corrected chi connectivity index (χ0v) is 23.6. The number of hydrogen-bond donors (Lipinski definition) is 3. The summed E-state index contributed by atoms with van der Waals surface area (Å²) in [7, 11) is 0. The Labute approximate surface area is 234 Å². The molecule has 0 aliphatic carbocycles. The average molecular weight is 560 g/mol. The van der Waals surface area contributed by atoms with E-state index in [1.54, 1.807) is 23.1 Å². The molecule has 2 aliphatic rings. The molecule has 2 aliphatic heterocycles. The van der Waals surface area contributed by atoms with Gasteiger partial charge in [0.05, 0.1) is 0 Å². The zero-order valence-electron chi connectivity index (χ0n) is 23.6. The molecule has 0 radical (unpaired) electrons. The van der Waals surface area contributed by atoms with Crippen LogP contribution in [0.15, 0.2) is 18.2 Å². The van der Waals surface area contributed by atoms with E-state index in [0.717, 1.165) is 19.3 Å². The molecule has 1 saturated heterocycles. The largest absolute Gasteiger partial charge is 0.444 e. The second-order valence-electron chi connectivity index (χ2n) is 11.0. The second-order valence-corrected chi connectivity index (χ2v) is 11.0. The highest BCUT2D eigenvalue weighted by atomic mass is 16.6. The lowest BCUT2D eigenvalue weighted by molar-refractivity contribution is -0.137. The van der Waals surface area contributed by atoms with Crippen LogP contribution in [-0.2, 0) is 30.4 Å². The van der Waals surface area contributed by atoms with Crippen LogP contribution in [0.1, 0.15) is 75.2 Å². The SMILES string of the molecule is CC(C)(C)OC(=O)N(CCCN)CCCCCOCC(=O)Nc1cccc2c1CN(C1CCC(=O)NC1=O)C2=O. The summed E-state index contributed by atoms with van der Waals surface area (Å²) in [6.07, 6.45) is 3.11. The van der Waals surface area contributed by atoms with E-state index in [-0.39, 0.29) is 49.8 Å². The molecular weight excluding hydrogens is 518 g/mol. The lowest BCUT2D eigenvalue weighted by Gasteiger charge is -2.29. The van der Waals surface area contributed by atoms with Crippen LogP contribution in [0.5, 0.6) is 0 Å². The van der Waals surface area contributed by atoms with E-state index in [4.69, 9.17) is 15.2 Å². The van der Waals surface area contributed by atoms with Gasteiger partial charge in [-0.1, -0.05) is 6.07 Å². The number of hydrogen-bond acceptors (Lipinski definition) is 8. The smallest absolute Gasteiger partial charge is 0.410 e. The number of nitrogens with one attached hydrogen (secondary N) is 2. The van der Waals surface area contributed by atoms with Crippen molar-refractivity contribution in [3.8, 4) is 0 Å². The number of imide groups is 1. The van der Waals surface area contributed by atoms with Gasteiger partial charge in [0.25, 0.3) is 5.91 Å². The fraction of sp³-hybridized carbons (Fsp3) is 0.607. The number of benzene rings is 1. The minimum atomic E-state index is -0.721. The number of fused-ring (bicyclic) bond motifs is 1. The molecule has 1 unspecified atom stereocenters. The molecule has 12 nitrogen and oxygen atoms in total. The van der Waals surface area contributed by atoms with E-state index in [2.05, 4.69) is 10.6 Å². The van der Waals surface area contributed by atoms with Crippen molar-refractivity contribution in [2.24, 2.45) is 5.73 Å². The van der Waals surface area contributed by atoms with Crippen LogP contribution < -0.4 is 16.4 Å². The number of anilines is 1. The summed E-state index contributed by atoms with van der Waals surface area (Å²) in [5.74, 6) is -1.48. The molecule has 0 bridgehead atoms. The Balaban J connectivity index is 1.40. The summed E-state index contributed by atoms with van der Waals surface area (Å²) in [5.41, 5.74) is 6.59. The summed E-state index contributed by atoms with van der Waals surface area (Å²) in [5, 5.41) is 5.09. The van der Waals surface area contributed by atoms with Gasteiger partial charge in [-0.05, 0) is 71.6 Å².